The van der Waals surface area contributed by atoms with E-state index in [4.69, 9.17) is 0 Å². The molecule has 0 amide bonds. The third kappa shape index (κ3) is 12.0. The Morgan fingerprint density at radius 1 is 0.760 bits per heavy atom. The summed E-state index contributed by atoms with van der Waals surface area (Å²) in [5.74, 6) is 0. The predicted molar refractivity (Wildman–Crippen MR) is 113 cm³/mol. The average molecular weight is 557 g/mol. The number of halogens is 2. The van der Waals surface area contributed by atoms with Crippen molar-refractivity contribution in [3.8, 4) is 0 Å². The SMILES string of the molecule is CC1=[C-]CC=C1C.CC1=[C-]CC=C1C.Cc1ccccc1[Si].Cl.Cl.[Hf]. The van der Waals surface area contributed by atoms with Crippen LogP contribution < -0.4 is 5.19 Å². The summed E-state index contributed by atoms with van der Waals surface area (Å²) in [4.78, 5) is 0. The molecule has 0 fully saturated rings. The molecule has 0 saturated carbocycles. The summed E-state index contributed by atoms with van der Waals surface area (Å²) in [5.41, 5.74) is 6.70. The molecule has 0 heterocycles. The van der Waals surface area contributed by atoms with Crippen molar-refractivity contribution in [3.05, 3.63) is 76.4 Å². The third-order valence-corrected chi connectivity index (χ3v) is 4.44. The smallest absolute Gasteiger partial charge is 0.0715 e. The van der Waals surface area contributed by atoms with E-state index >= 15 is 0 Å². The van der Waals surface area contributed by atoms with Crippen LogP contribution in [0.3, 0.4) is 0 Å². The molecule has 2 aliphatic carbocycles. The normalized spacial score (nSPS) is 13.7. The van der Waals surface area contributed by atoms with E-state index in [1.807, 2.05) is 18.2 Å². The third-order valence-electron chi connectivity index (χ3n) is 3.88. The van der Waals surface area contributed by atoms with E-state index in [9.17, 15) is 0 Å². The summed E-state index contributed by atoms with van der Waals surface area (Å²) in [7, 11) is 3.44. The minimum absolute atomic E-state index is 0. The Morgan fingerprint density at radius 3 is 1.32 bits per heavy atom. The second-order valence-corrected chi connectivity index (χ2v) is 6.14. The van der Waals surface area contributed by atoms with Crippen molar-refractivity contribution in [2.24, 2.45) is 0 Å². The fourth-order valence-corrected chi connectivity index (χ4v) is 2.05. The first-order valence-corrected chi connectivity index (χ1v) is 8.18. The molecule has 0 atom stereocenters. The summed E-state index contributed by atoms with van der Waals surface area (Å²) >= 11 is 0. The zero-order valence-corrected chi connectivity index (χ0v) is 21.9. The minimum Gasteiger partial charge on any atom is -0.270 e. The van der Waals surface area contributed by atoms with Gasteiger partial charge in [0, 0.05) is 25.8 Å². The van der Waals surface area contributed by atoms with E-state index in [1.54, 1.807) is 0 Å². The molecule has 25 heavy (non-hydrogen) atoms. The molecule has 0 aromatic heterocycles. The molecule has 0 spiro atoms. The van der Waals surface area contributed by atoms with E-state index < -0.39 is 0 Å². The summed E-state index contributed by atoms with van der Waals surface area (Å²) in [5, 5.41) is 1.17. The van der Waals surface area contributed by atoms with Crippen molar-refractivity contribution in [1.82, 2.24) is 0 Å². The van der Waals surface area contributed by atoms with Gasteiger partial charge in [-0.1, -0.05) is 48.9 Å². The second-order valence-electron chi connectivity index (χ2n) is 5.60. The van der Waals surface area contributed by atoms with Crippen LogP contribution in [0.5, 0.6) is 0 Å². The molecule has 1 aromatic rings. The van der Waals surface area contributed by atoms with Gasteiger partial charge in [0.05, 0.1) is 10.2 Å². The van der Waals surface area contributed by atoms with Gasteiger partial charge in [0.2, 0.25) is 0 Å². The molecule has 0 saturated heterocycles. The molecular weight excluding hydrogens is 530 g/mol. The van der Waals surface area contributed by atoms with Crippen molar-refractivity contribution in [1.29, 1.82) is 0 Å². The molecule has 0 N–H and O–H groups in total. The van der Waals surface area contributed by atoms with Gasteiger partial charge in [-0.3, -0.25) is 12.2 Å². The van der Waals surface area contributed by atoms with Gasteiger partial charge in [0.1, 0.15) is 0 Å². The molecule has 3 rings (SSSR count). The van der Waals surface area contributed by atoms with E-state index in [0.29, 0.717) is 0 Å². The number of hydrogen-bond acceptors (Lipinski definition) is 0. The number of benzene rings is 1. The molecule has 3 radical (unpaired) electrons. The van der Waals surface area contributed by atoms with Crippen LogP contribution in [0.1, 0.15) is 46.1 Å². The molecule has 0 nitrogen and oxygen atoms in total. The zero-order valence-electron chi connectivity index (χ0n) is 15.7. The quantitative estimate of drug-likeness (QED) is 0.280. The number of rotatable bonds is 0. The van der Waals surface area contributed by atoms with Crippen molar-refractivity contribution >= 4 is 40.2 Å². The van der Waals surface area contributed by atoms with Crippen LogP contribution in [-0.2, 0) is 25.8 Å². The van der Waals surface area contributed by atoms with Crippen LogP contribution in [0.4, 0.5) is 0 Å². The van der Waals surface area contributed by atoms with Crippen LogP contribution in [0.2, 0.25) is 0 Å². The largest absolute Gasteiger partial charge is 0.270 e. The summed E-state index contributed by atoms with van der Waals surface area (Å²) in [6.07, 6.45) is 12.8. The van der Waals surface area contributed by atoms with E-state index in [0.717, 1.165) is 12.8 Å². The first-order chi connectivity index (χ1) is 10.4. The van der Waals surface area contributed by atoms with E-state index in [2.05, 4.69) is 75.2 Å². The Kier molecular flexibility index (Phi) is 19.0. The van der Waals surface area contributed by atoms with Gasteiger partial charge < -0.3 is 0 Å². The number of allylic oxidation sites excluding steroid dienone is 8. The maximum absolute atomic E-state index is 3.44. The van der Waals surface area contributed by atoms with Crippen molar-refractivity contribution < 1.29 is 25.8 Å². The Labute approximate surface area is 189 Å². The first kappa shape index (κ1) is 29.6. The second kappa shape index (κ2) is 16.1. The van der Waals surface area contributed by atoms with Crippen LogP contribution >= 0.6 is 24.8 Å². The molecule has 0 unspecified atom stereocenters. The molecule has 135 valence electrons. The summed E-state index contributed by atoms with van der Waals surface area (Å²) in [6, 6.07) is 8.14. The minimum atomic E-state index is 0. The van der Waals surface area contributed by atoms with Gasteiger partial charge in [0.25, 0.3) is 0 Å². The van der Waals surface area contributed by atoms with Gasteiger partial charge in [-0.2, -0.15) is 12.2 Å². The van der Waals surface area contributed by atoms with Crippen LogP contribution in [0.25, 0.3) is 0 Å². The molecule has 0 bridgehead atoms. The maximum atomic E-state index is 3.44. The van der Waals surface area contributed by atoms with E-state index in [-0.39, 0.29) is 50.7 Å². The van der Waals surface area contributed by atoms with Gasteiger partial charge in [-0.25, -0.2) is 22.3 Å². The molecule has 0 aliphatic heterocycles. The van der Waals surface area contributed by atoms with Crippen LogP contribution in [0.15, 0.2) is 58.7 Å². The van der Waals surface area contributed by atoms with Gasteiger partial charge >= 0.3 is 0 Å². The van der Waals surface area contributed by atoms with Crippen molar-refractivity contribution in [3.63, 3.8) is 0 Å². The van der Waals surface area contributed by atoms with Crippen molar-refractivity contribution in [2.75, 3.05) is 0 Å². The molecular formula is C21H27Cl2HfSi-2. The molecule has 1 aromatic carbocycles. The fraction of sp³-hybridized carbons (Fsp3) is 0.333. The fourth-order valence-electron chi connectivity index (χ4n) is 1.87. The Morgan fingerprint density at radius 2 is 1.16 bits per heavy atom. The van der Waals surface area contributed by atoms with Gasteiger partial charge in [0.15, 0.2) is 0 Å². The maximum Gasteiger partial charge on any atom is 0.0715 e. The van der Waals surface area contributed by atoms with Gasteiger partial charge in [-0.05, 0) is 6.92 Å². The monoisotopic (exact) mass is 557 g/mol. The molecule has 2 aliphatic rings. The van der Waals surface area contributed by atoms with E-state index in [1.165, 1.54) is 33.0 Å². The predicted octanol–water partition coefficient (Wildman–Crippen LogP) is 5.80. The number of hydrogen-bond donors (Lipinski definition) is 0. The number of aryl methyl sites for hydroxylation is 1. The zero-order chi connectivity index (χ0) is 16.5. The Hall–Kier alpha value is -0.153. The van der Waals surface area contributed by atoms with Crippen LogP contribution in [-0.4, -0.2) is 10.2 Å². The summed E-state index contributed by atoms with van der Waals surface area (Å²) in [6.45, 7) is 10.5. The van der Waals surface area contributed by atoms with Crippen molar-refractivity contribution in [2.45, 2.75) is 47.5 Å². The summed E-state index contributed by atoms with van der Waals surface area (Å²) < 4.78 is 0. The molecule has 4 heteroatoms. The van der Waals surface area contributed by atoms with Crippen LogP contribution in [0, 0.1) is 19.1 Å². The topological polar surface area (TPSA) is 0 Å². The first-order valence-electron chi connectivity index (χ1n) is 7.68. The standard InChI is InChI=1S/C7H7Si.2C7H9.2ClH.Hf/c1-6-4-2-3-5-7(6)8;2*1-6-4-3-5-7(6)2;;;/h2-5H,1H3;2*4H,3H2,1-2H3;2*1H;/q;2*-1;;;. The Bertz CT molecular complexity index is 542. The Balaban J connectivity index is -0.000000275. The average Bonchev–Trinajstić information content (AvgIpc) is 3.04. The van der Waals surface area contributed by atoms with Gasteiger partial charge in [-0.15, -0.1) is 51.5 Å².